The van der Waals surface area contributed by atoms with Gasteiger partial charge in [0.15, 0.2) is 11.5 Å². The topological polar surface area (TPSA) is 39.7 Å². The van der Waals surface area contributed by atoms with Crippen molar-refractivity contribution in [3.8, 4) is 17.2 Å². The Morgan fingerprint density at radius 1 is 0.679 bits per heavy atom. The molecule has 3 aromatic rings. The van der Waals surface area contributed by atoms with Gasteiger partial charge in [-0.2, -0.15) is 0 Å². The van der Waals surface area contributed by atoms with Gasteiger partial charge >= 0.3 is 0 Å². The predicted molar refractivity (Wildman–Crippen MR) is 115 cm³/mol. The summed E-state index contributed by atoms with van der Waals surface area (Å²) in [4.78, 5) is 0. The predicted octanol–water partition coefficient (Wildman–Crippen LogP) is 4.99. The minimum absolute atomic E-state index is 0. The summed E-state index contributed by atoms with van der Waals surface area (Å²) in [5.41, 5.74) is 3.30. The van der Waals surface area contributed by atoms with Crippen LogP contribution in [0, 0.1) is 0 Å². The minimum atomic E-state index is 0. The number of hydrogen-bond donors (Lipinski definition) is 1. The maximum atomic E-state index is 6.10. The van der Waals surface area contributed by atoms with Crippen LogP contribution in [-0.4, -0.2) is 14.2 Å². The van der Waals surface area contributed by atoms with Crippen molar-refractivity contribution in [2.45, 2.75) is 19.7 Å². The molecule has 0 amide bonds. The number of nitrogens with one attached hydrogen (secondary N) is 1. The molecule has 0 saturated carbocycles. The summed E-state index contributed by atoms with van der Waals surface area (Å²) in [5, 5.41) is 3.47. The van der Waals surface area contributed by atoms with Gasteiger partial charge in [0, 0.05) is 24.2 Å². The Morgan fingerprint density at radius 2 is 1.29 bits per heavy atom. The molecule has 3 rings (SSSR count). The SMILES string of the molecule is COc1ccccc1CNCc1cccc(OC)c1OCc1ccccc1.Cl. The third kappa shape index (κ3) is 5.65. The summed E-state index contributed by atoms with van der Waals surface area (Å²) in [6.45, 7) is 1.87. The van der Waals surface area contributed by atoms with Crippen LogP contribution in [0.2, 0.25) is 0 Å². The van der Waals surface area contributed by atoms with Crippen LogP contribution in [0.1, 0.15) is 16.7 Å². The van der Waals surface area contributed by atoms with Gasteiger partial charge in [0.25, 0.3) is 0 Å². The normalized spacial score (nSPS) is 10.1. The molecule has 0 saturated heterocycles. The summed E-state index contributed by atoms with van der Waals surface area (Å²) in [6, 6.07) is 24.1. The molecule has 0 fully saturated rings. The van der Waals surface area contributed by atoms with Crippen molar-refractivity contribution in [1.29, 1.82) is 0 Å². The van der Waals surface area contributed by atoms with Gasteiger partial charge in [0.05, 0.1) is 14.2 Å². The molecule has 1 N–H and O–H groups in total. The zero-order valence-corrected chi connectivity index (χ0v) is 17.0. The lowest BCUT2D eigenvalue weighted by atomic mass is 10.1. The second-order valence-electron chi connectivity index (χ2n) is 6.14. The van der Waals surface area contributed by atoms with E-state index in [1.54, 1.807) is 14.2 Å². The molecule has 0 spiro atoms. The monoisotopic (exact) mass is 399 g/mol. The second kappa shape index (κ2) is 11.2. The van der Waals surface area contributed by atoms with Gasteiger partial charge in [-0.15, -0.1) is 12.4 Å². The fourth-order valence-electron chi connectivity index (χ4n) is 2.94. The molecule has 0 heterocycles. The average molecular weight is 400 g/mol. The molecule has 5 heteroatoms. The average Bonchev–Trinajstić information content (AvgIpc) is 2.73. The van der Waals surface area contributed by atoms with Gasteiger partial charge in [0.1, 0.15) is 12.4 Å². The smallest absolute Gasteiger partial charge is 0.166 e. The fourth-order valence-corrected chi connectivity index (χ4v) is 2.94. The highest BCUT2D eigenvalue weighted by atomic mass is 35.5. The van der Waals surface area contributed by atoms with Gasteiger partial charge in [0.2, 0.25) is 0 Å². The molecule has 0 aromatic heterocycles. The number of rotatable bonds is 9. The van der Waals surface area contributed by atoms with Crippen LogP contribution >= 0.6 is 12.4 Å². The summed E-state index contributed by atoms with van der Waals surface area (Å²) in [6.07, 6.45) is 0. The highest BCUT2D eigenvalue weighted by molar-refractivity contribution is 5.85. The van der Waals surface area contributed by atoms with Gasteiger partial charge in [-0.25, -0.2) is 0 Å². The summed E-state index contributed by atoms with van der Waals surface area (Å²) in [7, 11) is 3.35. The Balaban J connectivity index is 0.00000280. The van der Waals surface area contributed by atoms with E-state index in [-0.39, 0.29) is 12.4 Å². The van der Waals surface area contributed by atoms with Crippen LogP contribution < -0.4 is 19.5 Å². The molecule has 0 atom stereocenters. The van der Waals surface area contributed by atoms with E-state index in [1.807, 2.05) is 48.5 Å². The quantitative estimate of drug-likeness (QED) is 0.550. The van der Waals surface area contributed by atoms with Crippen LogP contribution in [0.4, 0.5) is 0 Å². The molecule has 0 bridgehead atoms. The van der Waals surface area contributed by atoms with Crippen LogP contribution in [-0.2, 0) is 19.7 Å². The first-order valence-electron chi connectivity index (χ1n) is 8.97. The molecule has 4 nitrogen and oxygen atoms in total. The van der Waals surface area contributed by atoms with Crippen LogP contribution in [0.3, 0.4) is 0 Å². The lowest BCUT2D eigenvalue weighted by Crippen LogP contribution is -2.14. The molecular formula is C23H26ClNO3. The first-order chi connectivity index (χ1) is 13.3. The maximum Gasteiger partial charge on any atom is 0.166 e. The fraction of sp³-hybridized carbons (Fsp3) is 0.217. The zero-order chi connectivity index (χ0) is 18.9. The Bertz CT molecular complexity index is 855. The van der Waals surface area contributed by atoms with Crippen molar-refractivity contribution >= 4 is 12.4 Å². The van der Waals surface area contributed by atoms with E-state index in [2.05, 4.69) is 29.6 Å². The highest BCUT2D eigenvalue weighted by Gasteiger charge is 2.11. The second-order valence-corrected chi connectivity index (χ2v) is 6.14. The first-order valence-corrected chi connectivity index (χ1v) is 8.97. The molecule has 0 aliphatic heterocycles. The van der Waals surface area contributed by atoms with E-state index in [4.69, 9.17) is 14.2 Å². The lowest BCUT2D eigenvalue weighted by Gasteiger charge is -2.16. The Hall–Kier alpha value is -2.69. The van der Waals surface area contributed by atoms with Gasteiger partial charge in [-0.3, -0.25) is 0 Å². The number of benzene rings is 3. The molecule has 148 valence electrons. The maximum absolute atomic E-state index is 6.10. The number of methoxy groups -OCH3 is 2. The van der Waals surface area contributed by atoms with Crippen molar-refractivity contribution in [3.05, 3.63) is 89.5 Å². The van der Waals surface area contributed by atoms with Crippen molar-refractivity contribution in [2.75, 3.05) is 14.2 Å². The van der Waals surface area contributed by atoms with Crippen molar-refractivity contribution in [2.24, 2.45) is 0 Å². The summed E-state index contributed by atoms with van der Waals surface area (Å²) < 4.78 is 17.0. The van der Waals surface area contributed by atoms with Crippen LogP contribution in [0.15, 0.2) is 72.8 Å². The van der Waals surface area contributed by atoms with Crippen LogP contribution in [0.25, 0.3) is 0 Å². The highest BCUT2D eigenvalue weighted by Crippen LogP contribution is 2.32. The van der Waals surface area contributed by atoms with Crippen molar-refractivity contribution in [1.82, 2.24) is 5.32 Å². The Morgan fingerprint density at radius 3 is 2.04 bits per heavy atom. The first kappa shape index (κ1) is 21.6. The summed E-state index contributed by atoms with van der Waals surface area (Å²) in [5.74, 6) is 2.40. The van der Waals surface area contributed by atoms with Gasteiger partial charge in [-0.1, -0.05) is 60.7 Å². The largest absolute Gasteiger partial charge is 0.496 e. The molecule has 3 aromatic carbocycles. The molecule has 0 aliphatic rings. The minimum Gasteiger partial charge on any atom is -0.496 e. The van der Waals surface area contributed by atoms with Crippen molar-refractivity contribution in [3.63, 3.8) is 0 Å². The third-order valence-corrected chi connectivity index (χ3v) is 4.33. The van der Waals surface area contributed by atoms with E-state index in [9.17, 15) is 0 Å². The number of para-hydroxylation sites is 2. The van der Waals surface area contributed by atoms with E-state index >= 15 is 0 Å². The third-order valence-electron chi connectivity index (χ3n) is 4.33. The lowest BCUT2D eigenvalue weighted by molar-refractivity contribution is 0.280. The van der Waals surface area contributed by atoms with Gasteiger partial charge in [-0.05, 0) is 17.7 Å². The molecular weight excluding hydrogens is 374 g/mol. The van der Waals surface area contributed by atoms with Crippen molar-refractivity contribution < 1.29 is 14.2 Å². The van der Waals surface area contributed by atoms with Gasteiger partial charge < -0.3 is 19.5 Å². The van der Waals surface area contributed by atoms with E-state index in [0.717, 1.165) is 33.9 Å². The van der Waals surface area contributed by atoms with E-state index in [1.165, 1.54) is 0 Å². The van der Waals surface area contributed by atoms with E-state index in [0.29, 0.717) is 19.7 Å². The zero-order valence-electron chi connectivity index (χ0n) is 16.2. The number of hydrogen-bond acceptors (Lipinski definition) is 4. The van der Waals surface area contributed by atoms with Crippen LogP contribution in [0.5, 0.6) is 17.2 Å². The molecule has 28 heavy (non-hydrogen) atoms. The number of ether oxygens (including phenoxy) is 3. The standard InChI is InChI=1S/C23H25NO3.ClH/c1-25-21-13-7-6-11-19(21)15-24-16-20-12-8-14-22(26-2)23(20)27-17-18-9-4-3-5-10-18;/h3-14,24H,15-17H2,1-2H3;1H. The molecule has 0 aliphatic carbocycles. The Labute approximate surface area is 172 Å². The molecule has 0 unspecified atom stereocenters. The number of halogens is 1. The Kier molecular flexibility index (Phi) is 8.66. The molecule has 0 radical (unpaired) electrons. The van der Waals surface area contributed by atoms with E-state index < -0.39 is 0 Å². The summed E-state index contributed by atoms with van der Waals surface area (Å²) >= 11 is 0.